The Kier molecular flexibility index (Phi) is 6.39. The monoisotopic (exact) mass is 395 g/mol. The summed E-state index contributed by atoms with van der Waals surface area (Å²) in [4.78, 5) is 23.9. The molecular formula is C18H18ClNO5S. The topological polar surface area (TPSA) is 91.8 Å². The minimum absolute atomic E-state index is 0.163. The van der Waals surface area contributed by atoms with Gasteiger partial charge in [-0.05, 0) is 24.6 Å². The van der Waals surface area contributed by atoms with Gasteiger partial charge in [0.25, 0.3) is 15.9 Å². The number of sulfonamides is 1. The summed E-state index contributed by atoms with van der Waals surface area (Å²) in [5.74, 6) is -3.07. The van der Waals surface area contributed by atoms with Crippen LogP contribution < -0.4 is 0 Å². The Bertz CT molecular complexity index is 882. The van der Waals surface area contributed by atoms with Crippen LogP contribution in [-0.4, -0.2) is 41.6 Å². The fourth-order valence-corrected chi connectivity index (χ4v) is 4.21. The molecule has 0 saturated heterocycles. The van der Waals surface area contributed by atoms with E-state index in [0.29, 0.717) is 9.87 Å². The fourth-order valence-electron chi connectivity index (χ4n) is 2.47. The van der Waals surface area contributed by atoms with Crippen LogP contribution in [0.15, 0.2) is 59.5 Å². The van der Waals surface area contributed by atoms with Gasteiger partial charge < -0.3 is 5.11 Å². The van der Waals surface area contributed by atoms with E-state index in [0.717, 1.165) is 5.56 Å². The molecule has 0 bridgehead atoms. The van der Waals surface area contributed by atoms with Gasteiger partial charge in [0.1, 0.15) is 11.9 Å². The molecule has 1 atom stereocenters. The minimum atomic E-state index is -4.37. The number of amides is 1. The summed E-state index contributed by atoms with van der Waals surface area (Å²) >= 11 is 5.57. The van der Waals surface area contributed by atoms with E-state index in [1.54, 1.807) is 49.4 Å². The SMILES string of the molecule is Cc1ccc(S(=O)(=O)N(C(=O)CCl)C(Cc2ccccc2)C(=O)O)cc1. The molecule has 0 heterocycles. The number of hydrogen-bond donors (Lipinski definition) is 1. The molecule has 0 fully saturated rings. The van der Waals surface area contributed by atoms with E-state index in [1.165, 1.54) is 12.1 Å². The van der Waals surface area contributed by atoms with Gasteiger partial charge in [0, 0.05) is 6.42 Å². The van der Waals surface area contributed by atoms with Crippen LogP contribution >= 0.6 is 11.6 Å². The lowest BCUT2D eigenvalue weighted by molar-refractivity contribution is -0.145. The zero-order valence-electron chi connectivity index (χ0n) is 14.0. The molecule has 0 aliphatic rings. The molecule has 1 N–H and O–H groups in total. The van der Waals surface area contributed by atoms with Crippen LogP contribution in [0.4, 0.5) is 0 Å². The molecule has 2 aromatic rings. The second kappa shape index (κ2) is 8.33. The van der Waals surface area contributed by atoms with Crippen molar-refractivity contribution in [2.75, 3.05) is 5.88 Å². The van der Waals surface area contributed by atoms with Gasteiger partial charge >= 0.3 is 5.97 Å². The van der Waals surface area contributed by atoms with Gasteiger partial charge in [-0.3, -0.25) is 4.79 Å². The smallest absolute Gasteiger partial charge is 0.328 e. The van der Waals surface area contributed by atoms with Crippen LogP contribution in [0.5, 0.6) is 0 Å². The van der Waals surface area contributed by atoms with E-state index < -0.39 is 33.8 Å². The molecule has 8 heteroatoms. The zero-order chi connectivity index (χ0) is 19.3. The molecule has 6 nitrogen and oxygen atoms in total. The molecule has 2 aromatic carbocycles. The Labute approximate surface area is 157 Å². The lowest BCUT2D eigenvalue weighted by Gasteiger charge is -2.28. The van der Waals surface area contributed by atoms with Crippen molar-refractivity contribution in [3.8, 4) is 0 Å². The van der Waals surface area contributed by atoms with Crippen LogP contribution in [0.2, 0.25) is 0 Å². The van der Waals surface area contributed by atoms with Crippen molar-refractivity contribution in [2.45, 2.75) is 24.3 Å². The van der Waals surface area contributed by atoms with E-state index >= 15 is 0 Å². The third-order valence-corrected chi connectivity index (χ3v) is 5.85. The highest BCUT2D eigenvalue weighted by Crippen LogP contribution is 2.22. The Morgan fingerprint density at radius 1 is 1.08 bits per heavy atom. The Balaban J connectivity index is 2.51. The summed E-state index contributed by atoms with van der Waals surface area (Å²) in [6.45, 7) is 1.79. The predicted octanol–water partition coefficient (Wildman–Crippen LogP) is 2.45. The van der Waals surface area contributed by atoms with Crippen LogP contribution in [0.25, 0.3) is 0 Å². The summed E-state index contributed by atoms with van der Waals surface area (Å²) in [6.07, 6.45) is -0.163. The minimum Gasteiger partial charge on any atom is -0.480 e. The molecule has 0 radical (unpaired) electrons. The largest absolute Gasteiger partial charge is 0.480 e. The van der Waals surface area contributed by atoms with Crippen molar-refractivity contribution < 1.29 is 23.1 Å². The molecule has 0 spiro atoms. The van der Waals surface area contributed by atoms with Crippen molar-refractivity contribution >= 4 is 33.5 Å². The van der Waals surface area contributed by atoms with E-state index in [9.17, 15) is 23.1 Å². The summed E-state index contributed by atoms with van der Waals surface area (Å²) in [7, 11) is -4.37. The highest BCUT2D eigenvalue weighted by atomic mass is 35.5. The number of carboxylic acids is 1. The number of hydrogen-bond acceptors (Lipinski definition) is 4. The number of aryl methyl sites for hydroxylation is 1. The van der Waals surface area contributed by atoms with Crippen LogP contribution in [-0.2, 0) is 26.0 Å². The zero-order valence-corrected chi connectivity index (χ0v) is 15.6. The molecule has 2 rings (SSSR count). The average Bonchev–Trinajstić information content (AvgIpc) is 2.61. The van der Waals surface area contributed by atoms with Crippen molar-refractivity contribution in [1.29, 1.82) is 0 Å². The number of nitrogens with zero attached hydrogens (tertiary/aromatic N) is 1. The maximum Gasteiger partial charge on any atom is 0.328 e. The number of carbonyl (C=O) groups excluding carboxylic acids is 1. The number of aliphatic carboxylic acids is 1. The normalized spacial score (nSPS) is 12.4. The number of carbonyl (C=O) groups is 2. The first-order valence-corrected chi connectivity index (χ1v) is 9.71. The summed E-state index contributed by atoms with van der Waals surface area (Å²) in [6, 6.07) is 12.7. The van der Waals surface area contributed by atoms with Gasteiger partial charge in [-0.15, -0.1) is 11.6 Å². The van der Waals surface area contributed by atoms with Crippen molar-refractivity contribution in [1.82, 2.24) is 4.31 Å². The summed E-state index contributed by atoms with van der Waals surface area (Å²) in [5, 5.41) is 9.60. The molecule has 0 saturated carbocycles. The van der Waals surface area contributed by atoms with Gasteiger partial charge in [0.2, 0.25) is 0 Å². The third kappa shape index (κ3) is 4.42. The van der Waals surface area contributed by atoms with Crippen molar-refractivity contribution in [3.05, 3.63) is 65.7 Å². The number of carboxylic acid groups (broad SMARTS) is 1. The fraction of sp³-hybridized carbons (Fsp3) is 0.222. The maximum atomic E-state index is 13.0. The van der Waals surface area contributed by atoms with Gasteiger partial charge in [-0.2, -0.15) is 0 Å². The van der Waals surface area contributed by atoms with E-state index in [1.807, 2.05) is 0 Å². The number of alkyl halides is 1. The second-order valence-electron chi connectivity index (χ2n) is 5.69. The molecule has 0 aliphatic heterocycles. The highest BCUT2D eigenvalue weighted by Gasteiger charge is 2.39. The second-order valence-corrected chi connectivity index (χ2v) is 7.77. The van der Waals surface area contributed by atoms with E-state index in [2.05, 4.69) is 0 Å². The van der Waals surface area contributed by atoms with Crippen molar-refractivity contribution in [3.63, 3.8) is 0 Å². The first-order chi connectivity index (χ1) is 12.3. The lowest BCUT2D eigenvalue weighted by atomic mass is 10.1. The van der Waals surface area contributed by atoms with Crippen LogP contribution in [0, 0.1) is 6.92 Å². The molecule has 1 unspecified atom stereocenters. The molecule has 1 amide bonds. The maximum absolute atomic E-state index is 13.0. The molecule has 26 heavy (non-hydrogen) atoms. The molecular weight excluding hydrogens is 378 g/mol. The van der Waals surface area contributed by atoms with Gasteiger partial charge in [-0.1, -0.05) is 48.0 Å². The predicted molar refractivity (Wildman–Crippen MR) is 97.5 cm³/mol. The quantitative estimate of drug-likeness (QED) is 0.727. The average molecular weight is 396 g/mol. The Morgan fingerprint density at radius 2 is 1.65 bits per heavy atom. The number of rotatable bonds is 7. The number of benzene rings is 2. The highest BCUT2D eigenvalue weighted by molar-refractivity contribution is 7.89. The van der Waals surface area contributed by atoms with E-state index in [4.69, 9.17) is 11.6 Å². The summed E-state index contributed by atoms with van der Waals surface area (Å²) in [5.41, 5.74) is 1.42. The molecule has 0 aliphatic carbocycles. The van der Waals surface area contributed by atoms with Crippen LogP contribution in [0.3, 0.4) is 0 Å². The van der Waals surface area contributed by atoms with Gasteiger partial charge in [0.15, 0.2) is 0 Å². The Hall–Kier alpha value is -2.38. The van der Waals surface area contributed by atoms with Crippen molar-refractivity contribution in [2.24, 2.45) is 0 Å². The molecule has 138 valence electrons. The Morgan fingerprint density at radius 3 is 2.15 bits per heavy atom. The van der Waals surface area contributed by atoms with Crippen LogP contribution in [0.1, 0.15) is 11.1 Å². The first-order valence-electron chi connectivity index (χ1n) is 7.74. The number of halogens is 1. The standard InChI is InChI=1S/C18H18ClNO5S/c1-13-7-9-15(10-8-13)26(24,25)20(17(21)12-19)16(18(22)23)11-14-5-3-2-4-6-14/h2-10,16H,11-12H2,1H3,(H,22,23). The lowest BCUT2D eigenvalue weighted by Crippen LogP contribution is -2.50. The molecule has 0 aromatic heterocycles. The van der Waals surface area contributed by atoms with E-state index in [-0.39, 0.29) is 11.3 Å². The summed E-state index contributed by atoms with van der Waals surface area (Å²) < 4.78 is 26.3. The first kappa shape index (κ1) is 19.9. The van der Waals surface area contributed by atoms with Gasteiger partial charge in [-0.25, -0.2) is 17.5 Å². The third-order valence-electron chi connectivity index (χ3n) is 3.78. The van der Waals surface area contributed by atoms with Gasteiger partial charge in [0.05, 0.1) is 4.90 Å².